The Bertz CT molecular complexity index is 1030. The number of hydrogen-bond donors (Lipinski definition) is 1. The van der Waals surface area contributed by atoms with Crippen LogP contribution in [-0.2, 0) is 23.4 Å². The summed E-state index contributed by atoms with van der Waals surface area (Å²) in [5.41, 5.74) is 2.41. The number of nitrogen functional groups attached to an aromatic ring is 1. The second-order valence-corrected chi connectivity index (χ2v) is 10.1. The molecule has 1 heterocycles. The minimum Gasteiger partial charge on any atom is -0.486 e. The molecule has 32 heavy (non-hydrogen) atoms. The van der Waals surface area contributed by atoms with Crippen LogP contribution < -0.4 is 10.6 Å². The highest BCUT2D eigenvalue weighted by Gasteiger charge is 2.22. The Morgan fingerprint density at radius 2 is 1.78 bits per heavy atom. The van der Waals surface area contributed by atoms with Gasteiger partial charge in [-0.2, -0.15) is 0 Å². The third-order valence-corrected chi connectivity index (χ3v) is 6.14. The molecule has 0 spiro atoms. The first-order chi connectivity index (χ1) is 15.1. The molecule has 3 aromatic rings. The number of aromatic nitrogens is 3. The molecule has 0 aliphatic heterocycles. The van der Waals surface area contributed by atoms with Crippen molar-refractivity contribution < 1.29 is 9.53 Å². The topological polar surface area (TPSA) is 86.3 Å². The van der Waals surface area contributed by atoms with Crippen LogP contribution in [0.4, 0.5) is 0 Å². The van der Waals surface area contributed by atoms with Gasteiger partial charge in [-0.3, -0.25) is 4.79 Å². The SMILES string of the molecule is CC(Sc1nnc(COc2ccc(C(C)(C)C)cc2)n1N)C(=O)N(C)Cc1ccccc1. The smallest absolute Gasteiger partial charge is 0.235 e. The first kappa shape index (κ1) is 23.7. The predicted octanol–water partition coefficient (Wildman–Crippen LogP) is 4.01. The predicted molar refractivity (Wildman–Crippen MR) is 128 cm³/mol. The van der Waals surface area contributed by atoms with Gasteiger partial charge in [0.05, 0.1) is 5.25 Å². The van der Waals surface area contributed by atoms with Gasteiger partial charge >= 0.3 is 0 Å². The van der Waals surface area contributed by atoms with Gasteiger partial charge in [-0.25, -0.2) is 4.68 Å². The molecule has 0 fully saturated rings. The quantitative estimate of drug-likeness (QED) is 0.410. The maximum atomic E-state index is 12.8. The molecule has 0 saturated heterocycles. The van der Waals surface area contributed by atoms with Crippen LogP contribution in [0.2, 0.25) is 0 Å². The van der Waals surface area contributed by atoms with E-state index in [2.05, 4.69) is 43.1 Å². The van der Waals surface area contributed by atoms with Crippen molar-refractivity contribution in [1.29, 1.82) is 0 Å². The average molecular weight is 454 g/mol. The molecule has 1 amide bonds. The van der Waals surface area contributed by atoms with Crippen molar-refractivity contribution in [3.8, 4) is 5.75 Å². The van der Waals surface area contributed by atoms with Crippen LogP contribution in [0, 0.1) is 0 Å². The molecule has 8 heteroatoms. The van der Waals surface area contributed by atoms with E-state index in [1.807, 2.05) is 49.4 Å². The Balaban J connectivity index is 1.56. The van der Waals surface area contributed by atoms with Gasteiger partial charge in [-0.15, -0.1) is 10.2 Å². The van der Waals surface area contributed by atoms with Gasteiger partial charge in [0.2, 0.25) is 11.1 Å². The van der Waals surface area contributed by atoms with E-state index in [0.29, 0.717) is 17.5 Å². The van der Waals surface area contributed by atoms with Crippen molar-refractivity contribution >= 4 is 17.7 Å². The third kappa shape index (κ3) is 6.03. The molecule has 0 bridgehead atoms. The molecule has 0 saturated carbocycles. The fourth-order valence-electron chi connectivity index (χ4n) is 3.14. The van der Waals surface area contributed by atoms with Crippen molar-refractivity contribution in [3.05, 3.63) is 71.5 Å². The summed E-state index contributed by atoms with van der Waals surface area (Å²) in [5.74, 6) is 7.39. The summed E-state index contributed by atoms with van der Waals surface area (Å²) in [6.45, 7) is 9.09. The summed E-state index contributed by atoms with van der Waals surface area (Å²) in [6.07, 6.45) is 0. The van der Waals surface area contributed by atoms with Crippen molar-refractivity contribution in [3.63, 3.8) is 0 Å². The molecule has 7 nitrogen and oxygen atoms in total. The second-order valence-electron chi connectivity index (χ2n) is 8.77. The standard InChI is InChI=1S/C24H31N5O2S/c1-17(22(30)28(5)15-18-9-7-6-8-10-18)32-23-27-26-21(29(23)25)16-31-20-13-11-19(12-14-20)24(2,3)4/h6-14,17H,15-16,25H2,1-5H3. The van der Waals surface area contributed by atoms with Crippen LogP contribution in [0.1, 0.15) is 44.6 Å². The molecule has 170 valence electrons. The van der Waals surface area contributed by atoms with E-state index in [-0.39, 0.29) is 23.2 Å². The van der Waals surface area contributed by atoms with Crippen molar-refractivity contribution in [1.82, 2.24) is 19.8 Å². The highest BCUT2D eigenvalue weighted by Crippen LogP contribution is 2.25. The summed E-state index contributed by atoms with van der Waals surface area (Å²) >= 11 is 1.28. The molecule has 1 aromatic heterocycles. The van der Waals surface area contributed by atoms with Crippen LogP contribution in [0.25, 0.3) is 0 Å². The summed E-state index contributed by atoms with van der Waals surface area (Å²) in [6, 6.07) is 17.9. The molecular weight excluding hydrogens is 422 g/mol. The van der Waals surface area contributed by atoms with Crippen molar-refractivity contribution in [2.45, 2.75) is 56.7 Å². The zero-order chi connectivity index (χ0) is 23.3. The number of carbonyl (C=O) groups excluding carboxylic acids is 1. The number of carbonyl (C=O) groups is 1. The molecule has 1 unspecified atom stereocenters. The molecule has 1 atom stereocenters. The number of nitrogens with two attached hydrogens (primary N) is 1. The molecule has 0 radical (unpaired) electrons. The summed E-state index contributed by atoms with van der Waals surface area (Å²) in [5, 5.41) is 8.39. The van der Waals surface area contributed by atoms with Crippen LogP contribution in [0.15, 0.2) is 59.8 Å². The largest absolute Gasteiger partial charge is 0.486 e. The van der Waals surface area contributed by atoms with Crippen molar-refractivity contribution in [2.24, 2.45) is 0 Å². The lowest BCUT2D eigenvalue weighted by Gasteiger charge is -2.21. The van der Waals surface area contributed by atoms with Gasteiger partial charge in [-0.1, -0.05) is 75.0 Å². The van der Waals surface area contributed by atoms with Gasteiger partial charge in [0.1, 0.15) is 12.4 Å². The first-order valence-electron chi connectivity index (χ1n) is 10.5. The Hall–Kier alpha value is -3.00. The normalized spacial score (nSPS) is 12.4. The molecular formula is C24H31N5O2S. The fraction of sp³-hybridized carbons (Fsp3) is 0.375. The third-order valence-electron chi connectivity index (χ3n) is 5.09. The highest BCUT2D eigenvalue weighted by molar-refractivity contribution is 8.00. The molecule has 0 aliphatic carbocycles. The maximum Gasteiger partial charge on any atom is 0.235 e. The Morgan fingerprint density at radius 1 is 1.12 bits per heavy atom. The zero-order valence-electron chi connectivity index (χ0n) is 19.3. The van der Waals surface area contributed by atoms with Crippen LogP contribution in [-0.4, -0.2) is 38.0 Å². The van der Waals surface area contributed by atoms with E-state index >= 15 is 0 Å². The van der Waals surface area contributed by atoms with E-state index in [0.717, 1.165) is 11.3 Å². The number of benzene rings is 2. The van der Waals surface area contributed by atoms with Crippen LogP contribution in [0.3, 0.4) is 0 Å². The lowest BCUT2D eigenvalue weighted by Crippen LogP contribution is -2.33. The molecule has 0 aliphatic rings. The minimum absolute atomic E-state index is 0.00130. The molecule has 3 rings (SSSR count). The molecule has 2 aromatic carbocycles. The van der Waals surface area contributed by atoms with E-state index in [9.17, 15) is 4.79 Å². The van der Waals surface area contributed by atoms with Gasteiger partial charge < -0.3 is 15.5 Å². The van der Waals surface area contributed by atoms with E-state index < -0.39 is 0 Å². The average Bonchev–Trinajstić information content (AvgIpc) is 3.11. The van der Waals surface area contributed by atoms with Gasteiger partial charge in [0, 0.05) is 13.6 Å². The summed E-state index contributed by atoms with van der Waals surface area (Å²) < 4.78 is 7.21. The summed E-state index contributed by atoms with van der Waals surface area (Å²) in [4.78, 5) is 14.5. The maximum absolute atomic E-state index is 12.8. The van der Waals surface area contributed by atoms with Gasteiger partial charge in [-0.05, 0) is 35.6 Å². The number of thioether (sulfide) groups is 1. The zero-order valence-corrected chi connectivity index (χ0v) is 20.1. The number of nitrogens with zero attached hydrogens (tertiary/aromatic N) is 4. The van der Waals surface area contributed by atoms with Crippen LogP contribution >= 0.6 is 11.8 Å². The van der Waals surface area contributed by atoms with E-state index in [1.54, 1.807) is 11.9 Å². The fourth-order valence-corrected chi connectivity index (χ4v) is 4.04. The lowest BCUT2D eigenvalue weighted by molar-refractivity contribution is -0.129. The minimum atomic E-state index is -0.353. The Kier molecular flexibility index (Phi) is 7.45. The number of hydrogen-bond acceptors (Lipinski definition) is 6. The highest BCUT2D eigenvalue weighted by atomic mass is 32.2. The van der Waals surface area contributed by atoms with E-state index in [4.69, 9.17) is 10.6 Å². The van der Waals surface area contributed by atoms with Crippen LogP contribution in [0.5, 0.6) is 5.75 Å². The van der Waals surface area contributed by atoms with Crippen molar-refractivity contribution in [2.75, 3.05) is 12.9 Å². The number of ether oxygens (including phenoxy) is 1. The number of rotatable bonds is 8. The first-order valence-corrected chi connectivity index (χ1v) is 11.4. The van der Waals surface area contributed by atoms with E-state index in [1.165, 1.54) is 22.0 Å². The Morgan fingerprint density at radius 3 is 2.41 bits per heavy atom. The lowest BCUT2D eigenvalue weighted by atomic mass is 9.87. The van der Waals surface area contributed by atoms with Gasteiger partial charge in [0.15, 0.2) is 5.82 Å². The number of amides is 1. The monoisotopic (exact) mass is 453 g/mol. The Labute approximate surface area is 193 Å². The second kappa shape index (κ2) is 10.1. The van der Waals surface area contributed by atoms with Gasteiger partial charge in [0.25, 0.3) is 0 Å². The molecule has 2 N–H and O–H groups in total. The summed E-state index contributed by atoms with van der Waals surface area (Å²) in [7, 11) is 1.80.